The van der Waals surface area contributed by atoms with E-state index in [0.29, 0.717) is 19.0 Å². The first-order valence-electron chi connectivity index (χ1n) is 5.28. The highest BCUT2D eigenvalue weighted by Crippen LogP contribution is 2.33. The Morgan fingerprint density at radius 2 is 2.07 bits per heavy atom. The number of halogens is 1. The fourth-order valence-corrected chi connectivity index (χ4v) is 2.14. The number of carbonyl (C=O) groups is 1. The molecule has 14 heavy (non-hydrogen) atoms. The van der Waals surface area contributed by atoms with Gasteiger partial charge in [-0.05, 0) is 32.2 Å². The third kappa shape index (κ3) is 1.90. The molecule has 4 heteroatoms. The zero-order chi connectivity index (χ0) is 10.2. The van der Waals surface area contributed by atoms with Gasteiger partial charge >= 0.3 is 5.97 Å². The molecule has 0 spiro atoms. The number of aliphatic carboxylic acids is 1. The van der Waals surface area contributed by atoms with Crippen LogP contribution in [0.2, 0.25) is 0 Å². The van der Waals surface area contributed by atoms with Gasteiger partial charge in [0.25, 0.3) is 0 Å². The van der Waals surface area contributed by atoms with Gasteiger partial charge in [-0.3, -0.25) is 0 Å². The third-order valence-electron chi connectivity index (χ3n) is 3.26. The molecule has 80 valence electrons. The van der Waals surface area contributed by atoms with Gasteiger partial charge < -0.3 is 10.0 Å². The molecule has 3 nitrogen and oxygen atoms in total. The van der Waals surface area contributed by atoms with Crippen molar-refractivity contribution >= 4 is 5.97 Å². The van der Waals surface area contributed by atoms with Gasteiger partial charge in [-0.15, -0.1) is 0 Å². The minimum Gasteiger partial charge on any atom is -0.479 e. The Balaban J connectivity index is 1.96. The van der Waals surface area contributed by atoms with Gasteiger partial charge in [-0.2, -0.15) is 0 Å². The van der Waals surface area contributed by atoms with Crippen molar-refractivity contribution in [1.29, 1.82) is 0 Å². The van der Waals surface area contributed by atoms with Crippen LogP contribution in [0.15, 0.2) is 0 Å². The number of alkyl halides is 1. The summed E-state index contributed by atoms with van der Waals surface area (Å²) < 4.78 is 13.8. The summed E-state index contributed by atoms with van der Waals surface area (Å²) >= 11 is 0. The molecule has 2 rings (SSSR count). The van der Waals surface area contributed by atoms with Crippen LogP contribution in [0.5, 0.6) is 0 Å². The molecule has 2 fully saturated rings. The van der Waals surface area contributed by atoms with E-state index in [9.17, 15) is 9.18 Å². The number of rotatable bonds is 2. The third-order valence-corrected chi connectivity index (χ3v) is 3.26. The van der Waals surface area contributed by atoms with Crippen molar-refractivity contribution in [2.45, 2.75) is 43.8 Å². The van der Waals surface area contributed by atoms with Gasteiger partial charge in [0.15, 0.2) is 0 Å². The Bertz CT molecular complexity index is 242. The van der Waals surface area contributed by atoms with Crippen LogP contribution in [0, 0.1) is 0 Å². The summed E-state index contributed by atoms with van der Waals surface area (Å²) in [4.78, 5) is 13.0. The van der Waals surface area contributed by atoms with Crippen LogP contribution in [0.4, 0.5) is 4.39 Å². The van der Waals surface area contributed by atoms with Gasteiger partial charge in [0.05, 0.1) is 0 Å². The maximum absolute atomic E-state index is 13.8. The monoisotopic (exact) mass is 201 g/mol. The Morgan fingerprint density at radius 1 is 1.36 bits per heavy atom. The molecule has 0 aromatic heterocycles. The summed E-state index contributed by atoms with van der Waals surface area (Å²) in [5, 5.41) is 8.77. The second kappa shape index (κ2) is 3.50. The van der Waals surface area contributed by atoms with Crippen molar-refractivity contribution in [3.63, 3.8) is 0 Å². The fourth-order valence-electron chi connectivity index (χ4n) is 2.14. The van der Waals surface area contributed by atoms with E-state index in [1.54, 1.807) is 0 Å². The quantitative estimate of drug-likeness (QED) is 0.734. The standard InChI is InChI=1S/C10H16FNO2/c11-10(9(13)14)4-1-6-12(7-5-10)8-2-3-8/h8H,1-7H2,(H,13,14). The smallest absolute Gasteiger partial charge is 0.341 e. The lowest BCUT2D eigenvalue weighted by Crippen LogP contribution is -2.35. The predicted molar refractivity (Wildman–Crippen MR) is 49.9 cm³/mol. The highest BCUT2D eigenvalue weighted by atomic mass is 19.1. The first kappa shape index (κ1) is 9.90. The Morgan fingerprint density at radius 3 is 2.64 bits per heavy atom. The van der Waals surface area contributed by atoms with Gasteiger partial charge in [0.1, 0.15) is 0 Å². The molecule has 1 atom stereocenters. The summed E-state index contributed by atoms with van der Waals surface area (Å²) in [6.45, 7) is 1.47. The second-order valence-corrected chi connectivity index (χ2v) is 4.39. The van der Waals surface area contributed by atoms with Crippen LogP contribution in [0.1, 0.15) is 32.1 Å². The molecule has 0 aromatic rings. The number of hydrogen-bond acceptors (Lipinski definition) is 2. The maximum atomic E-state index is 13.8. The van der Waals surface area contributed by atoms with Gasteiger partial charge in [0, 0.05) is 19.0 Å². The second-order valence-electron chi connectivity index (χ2n) is 4.39. The lowest BCUT2D eigenvalue weighted by atomic mass is 9.97. The molecule has 0 aromatic carbocycles. The van der Waals surface area contributed by atoms with Crippen LogP contribution < -0.4 is 0 Å². The van der Waals surface area contributed by atoms with Crippen molar-refractivity contribution < 1.29 is 14.3 Å². The van der Waals surface area contributed by atoms with E-state index in [2.05, 4.69) is 4.90 Å². The van der Waals surface area contributed by atoms with Crippen LogP contribution in [0.3, 0.4) is 0 Å². The molecule has 0 amide bonds. The number of carboxylic acids is 1. The molecule has 1 heterocycles. The summed E-state index contributed by atoms with van der Waals surface area (Å²) in [7, 11) is 0. The zero-order valence-electron chi connectivity index (χ0n) is 8.21. The highest BCUT2D eigenvalue weighted by Gasteiger charge is 2.42. The summed E-state index contributed by atoms with van der Waals surface area (Å²) in [5.74, 6) is -1.28. The summed E-state index contributed by atoms with van der Waals surface area (Å²) in [5.41, 5.74) is -1.97. The fraction of sp³-hybridized carbons (Fsp3) is 0.900. The topological polar surface area (TPSA) is 40.5 Å². The molecule has 1 saturated heterocycles. The van der Waals surface area contributed by atoms with Gasteiger partial charge in [-0.1, -0.05) is 0 Å². The molecule has 0 bridgehead atoms. The van der Waals surface area contributed by atoms with Crippen LogP contribution in [-0.2, 0) is 4.79 Å². The lowest BCUT2D eigenvalue weighted by Gasteiger charge is -2.20. The van der Waals surface area contributed by atoms with E-state index >= 15 is 0 Å². The number of hydrogen-bond donors (Lipinski definition) is 1. The van der Waals surface area contributed by atoms with Crippen molar-refractivity contribution in [3.8, 4) is 0 Å². The zero-order valence-corrected chi connectivity index (χ0v) is 8.21. The molecule has 1 unspecified atom stereocenters. The average Bonchev–Trinajstić information content (AvgIpc) is 2.90. The van der Waals surface area contributed by atoms with Crippen LogP contribution >= 0.6 is 0 Å². The SMILES string of the molecule is O=C(O)C1(F)CCCN(C2CC2)CC1. The van der Waals surface area contributed by atoms with Crippen molar-refractivity contribution in [1.82, 2.24) is 4.90 Å². The van der Waals surface area contributed by atoms with Gasteiger partial charge in [0.2, 0.25) is 5.67 Å². The van der Waals surface area contributed by atoms with E-state index < -0.39 is 11.6 Å². The Kier molecular flexibility index (Phi) is 2.47. The molecule has 1 aliphatic carbocycles. The van der Waals surface area contributed by atoms with E-state index in [-0.39, 0.29) is 12.8 Å². The van der Waals surface area contributed by atoms with Crippen LogP contribution in [-0.4, -0.2) is 40.8 Å². The average molecular weight is 201 g/mol. The molecule has 1 N–H and O–H groups in total. The van der Waals surface area contributed by atoms with Crippen molar-refractivity contribution in [2.75, 3.05) is 13.1 Å². The summed E-state index contributed by atoms with van der Waals surface area (Å²) in [6, 6.07) is 0.617. The van der Waals surface area contributed by atoms with E-state index in [1.165, 1.54) is 12.8 Å². The first-order valence-corrected chi connectivity index (χ1v) is 5.28. The summed E-state index contributed by atoms with van der Waals surface area (Å²) in [6.07, 6.45) is 3.39. The molecule has 1 saturated carbocycles. The molecule has 0 radical (unpaired) electrons. The minimum absolute atomic E-state index is 0.152. The van der Waals surface area contributed by atoms with Gasteiger partial charge in [-0.25, -0.2) is 9.18 Å². The van der Waals surface area contributed by atoms with Crippen LogP contribution in [0.25, 0.3) is 0 Å². The normalized spacial score (nSPS) is 35.2. The lowest BCUT2D eigenvalue weighted by molar-refractivity contribution is -0.151. The largest absolute Gasteiger partial charge is 0.479 e. The Hall–Kier alpha value is -0.640. The highest BCUT2D eigenvalue weighted by molar-refractivity contribution is 5.77. The molecular formula is C10H16FNO2. The van der Waals surface area contributed by atoms with Crippen molar-refractivity contribution in [3.05, 3.63) is 0 Å². The van der Waals surface area contributed by atoms with E-state index in [0.717, 1.165) is 6.54 Å². The Labute approximate surface area is 82.9 Å². The minimum atomic E-state index is -1.97. The maximum Gasteiger partial charge on any atom is 0.341 e. The number of nitrogens with zero attached hydrogens (tertiary/aromatic N) is 1. The number of likely N-dealkylation sites (tertiary alicyclic amines) is 1. The first-order chi connectivity index (χ1) is 6.62. The van der Waals surface area contributed by atoms with E-state index in [4.69, 9.17) is 5.11 Å². The van der Waals surface area contributed by atoms with E-state index in [1.807, 2.05) is 0 Å². The molecular weight excluding hydrogens is 185 g/mol. The van der Waals surface area contributed by atoms with Crippen molar-refractivity contribution in [2.24, 2.45) is 0 Å². The molecule has 2 aliphatic rings. The predicted octanol–water partition coefficient (Wildman–Crippen LogP) is 1.43. The molecule has 1 aliphatic heterocycles. The number of carboxylic acid groups (broad SMARTS) is 1.